The van der Waals surface area contributed by atoms with Crippen molar-refractivity contribution < 1.29 is 6.48 Å². The maximum atomic E-state index is 8.97. The Balaban J connectivity index is 2.81. The van der Waals surface area contributed by atoms with Gasteiger partial charge in [0.05, 0.1) is 1.37 Å². The van der Waals surface area contributed by atoms with Gasteiger partial charge in [-0.25, -0.2) is 0 Å². The summed E-state index contributed by atoms with van der Waals surface area (Å²) >= 11 is 0. The van der Waals surface area contributed by atoms with E-state index in [2.05, 4.69) is 11.8 Å². The normalized spacial score (nSPS) is 15.6. The second kappa shape index (κ2) is 3.80. The Labute approximate surface area is 68.1 Å². The zero-order valence-electron chi connectivity index (χ0n) is 7.33. The van der Waals surface area contributed by atoms with Crippen molar-refractivity contribution in [3.8, 4) is 11.8 Å². The summed E-state index contributed by atoms with van der Waals surface area (Å²) in [5, 5.41) is 8.97. The predicted molar refractivity (Wildman–Crippen MR) is 45.0 cm³/mol. The molecule has 1 unspecified atom stereocenters. The van der Waals surface area contributed by atoms with Crippen LogP contribution in [0.4, 0.5) is 0 Å². The van der Waals surface area contributed by atoms with Crippen molar-refractivity contribution in [2.24, 2.45) is 0 Å². The fourth-order valence-corrected chi connectivity index (χ4v) is 0.684. The molecular formula is C10H10O. The Morgan fingerprint density at radius 1 is 1.45 bits per heavy atom. The van der Waals surface area contributed by atoms with Gasteiger partial charge >= 0.3 is 0 Å². The Morgan fingerprint density at radius 2 is 2.09 bits per heavy atom. The van der Waals surface area contributed by atoms with E-state index in [1.165, 1.54) is 6.92 Å². The largest absolute Gasteiger partial charge is 0.381 e. The van der Waals surface area contributed by atoms with Crippen LogP contribution in [-0.4, -0.2) is 11.2 Å². The number of benzene rings is 1. The Hall–Kier alpha value is -1.26. The van der Waals surface area contributed by atoms with Crippen molar-refractivity contribution in [3.05, 3.63) is 35.9 Å². The molecule has 1 nitrogen and oxygen atoms in total. The molecule has 56 valence electrons. The molecule has 1 aromatic rings. The molecule has 0 amide bonds. The molecule has 1 rings (SSSR count). The lowest BCUT2D eigenvalue weighted by Crippen LogP contribution is -1.92. The Bertz CT molecular complexity index is 300. The molecular weight excluding hydrogens is 136 g/mol. The quantitative estimate of drug-likeness (QED) is 0.550. The molecule has 0 aliphatic heterocycles. The highest BCUT2D eigenvalue weighted by molar-refractivity contribution is 5.34. The van der Waals surface area contributed by atoms with E-state index < -0.39 is 6.08 Å². The van der Waals surface area contributed by atoms with Crippen LogP contribution >= 0.6 is 0 Å². The van der Waals surface area contributed by atoms with E-state index in [9.17, 15) is 0 Å². The molecule has 0 aromatic heterocycles. The van der Waals surface area contributed by atoms with E-state index in [0.29, 0.717) is 0 Å². The summed E-state index contributed by atoms with van der Waals surface area (Å²) in [6, 6.07) is 9.28. The third kappa shape index (κ3) is 2.88. The summed E-state index contributed by atoms with van der Waals surface area (Å²) < 4.78 is 7.06. The van der Waals surface area contributed by atoms with E-state index >= 15 is 0 Å². The first kappa shape index (κ1) is 6.45. The van der Waals surface area contributed by atoms with Crippen LogP contribution in [-0.2, 0) is 0 Å². The molecule has 0 aliphatic carbocycles. The van der Waals surface area contributed by atoms with Gasteiger partial charge in [-0.3, -0.25) is 0 Å². The highest BCUT2D eigenvalue weighted by atomic mass is 16.3. The van der Waals surface area contributed by atoms with Crippen molar-refractivity contribution in [2.75, 3.05) is 0 Å². The van der Waals surface area contributed by atoms with Crippen LogP contribution in [0.3, 0.4) is 0 Å². The van der Waals surface area contributed by atoms with Crippen molar-refractivity contribution in [3.63, 3.8) is 0 Å². The summed E-state index contributed by atoms with van der Waals surface area (Å²) in [5.41, 5.74) is 0.810. The zero-order chi connectivity index (χ0) is 9.03. The SMILES string of the molecule is [2H]C(C)(O)C#Cc1ccccc1. The topological polar surface area (TPSA) is 20.2 Å². The Morgan fingerprint density at radius 3 is 2.64 bits per heavy atom. The van der Waals surface area contributed by atoms with Gasteiger partial charge in [0.15, 0.2) is 0 Å². The lowest BCUT2D eigenvalue weighted by Gasteiger charge is -1.88. The second-order valence-electron chi connectivity index (χ2n) is 2.20. The van der Waals surface area contributed by atoms with E-state index in [-0.39, 0.29) is 0 Å². The summed E-state index contributed by atoms with van der Waals surface area (Å²) in [4.78, 5) is 0. The van der Waals surface area contributed by atoms with Crippen LogP contribution in [0.15, 0.2) is 30.3 Å². The first-order chi connectivity index (χ1) is 5.58. The molecule has 1 aromatic carbocycles. The second-order valence-corrected chi connectivity index (χ2v) is 2.20. The predicted octanol–water partition coefficient (Wildman–Crippen LogP) is 1.42. The molecule has 0 aliphatic rings. The van der Waals surface area contributed by atoms with Crippen LogP contribution in [0.25, 0.3) is 0 Å². The molecule has 0 saturated heterocycles. The molecule has 0 spiro atoms. The van der Waals surface area contributed by atoms with Gasteiger partial charge in [-0.05, 0) is 19.1 Å². The summed E-state index contributed by atoms with van der Waals surface area (Å²) in [6.45, 7) is 1.34. The highest BCUT2D eigenvalue weighted by Crippen LogP contribution is 1.94. The van der Waals surface area contributed by atoms with Crippen molar-refractivity contribution in [2.45, 2.75) is 13.0 Å². The molecule has 1 heteroatoms. The van der Waals surface area contributed by atoms with Crippen LogP contribution < -0.4 is 0 Å². The maximum absolute atomic E-state index is 8.97. The highest BCUT2D eigenvalue weighted by Gasteiger charge is 1.84. The summed E-state index contributed by atoms with van der Waals surface area (Å²) in [7, 11) is 0. The first-order valence-electron chi connectivity index (χ1n) is 3.88. The summed E-state index contributed by atoms with van der Waals surface area (Å²) in [6.07, 6.45) is -1.66. The molecule has 0 heterocycles. The monoisotopic (exact) mass is 147 g/mol. The van der Waals surface area contributed by atoms with Crippen LogP contribution in [0, 0.1) is 11.8 Å². The lowest BCUT2D eigenvalue weighted by atomic mass is 10.2. The standard InChI is InChI=1S/C10H10O/c1-9(11)7-8-10-5-3-2-4-6-10/h2-6,9,11H,1H3/i9D. The molecule has 0 radical (unpaired) electrons. The van der Waals surface area contributed by atoms with Gasteiger partial charge in [-0.1, -0.05) is 30.0 Å². The van der Waals surface area contributed by atoms with Gasteiger partial charge in [0.2, 0.25) is 0 Å². The van der Waals surface area contributed by atoms with Crippen LogP contribution in [0.5, 0.6) is 0 Å². The van der Waals surface area contributed by atoms with Gasteiger partial charge in [0, 0.05) is 5.56 Å². The third-order valence-electron chi connectivity index (χ3n) is 1.16. The third-order valence-corrected chi connectivity index (χ3v) is 1.16. The van der Waals surface area contributed by atoms with E-state index in [0.717, 1.165) is 5.56 Å². The molecule has 0 bridgehead atoms. The fraction of sp³-hybridized carbons (Fsp3) is 0.200. The van der Waals surface area contributed by atoms with Gasteiger partial charge < -0.3 is 5.11 Å². The summed E-state index contributed by atoms with van der Waals surface area (Å²) in [5.74, 6) is 5.11. The van der Waals surface area contributed by atoms with E-state index in [1.54, 1.807) is 0 Å². The smallest absolute Gasteiger partial charge is 0.112 e. The minimum atomic E-state index is -1.66. The lowest BCUT2D eigenvalue weighted by molar-refractivity contribution is 0.253. The van der Waals surface area contributed by atoms with Crippen molar-refractivity contribution >= 4 is 0 Å². The number of rotatable bonds is 0. The fourth-order valence-electron chi connectivity index (χ4n) is 0.684. The molecule has 1 N–H and O–H groups in total. The average molecular weight is 147 g/mol. The molecule has 11 heavy (non-hydrogen) atoms. The molecule has 0 fully saturated rings. The zero-order valence-corrected chi connectivity index (χ0v) is 6.33. The van der Waals surface area contributed by atoms with Crippen molar-refractivity contribution in [1.29, 1.82) is 0 Å². The van der Waals surface area contributed by atoms with E-state index in [4.69, 9.17) is 6.48 Å². The van der Waals surface area contributed by atoms with E-state index in [1.807, 2.05) is 30.3 Å². The molecule has 0 saturated carbocycles. The van der Waals surface area contributed by atoms with Gasteiger partial charge in [-0.2, -0.15) is 0 Å². The van der Waals surface area contributed by atoms with Crippen molar-refractivity contribution in [1.82, 2.24) is 0 Å². The minimum Gasteiger partial charge on any atom is -0.381 e. The van der Waals surface area contributed by atoms with Gasteiger partial charge in [0.1, 0.15) is 6.08 Å². The average Bonchev–Trinajstić information content (AvgIpc) is 2.02. The number of hydrogen-bond donors (Lipinski definition) is 1. The number of hydrogen-bond acceptors (Lipinski definition) is 1. The van der Waals surface area contributed by atoms with Crippen LogP contribution in [0.1, 0.15) is 13.9 Å². The molecule has 1 atom stereocenters. The maximum Gasteiger partial charge on any atom is 0.112 e. The number of aliphatic hydroxyl groups is 1. The first-order valence-corrected chi connectivity index (χ1v) is 3.38. The Kier molecular flexibility index (Phi) is 2.23. The minimum absolute atomic E-state index is 0.810. The van der Waals surface area contributed by atoms with Crippen LogP contribution in [0.2, 0.25) is 0 Å². The van der Waals surface area contributed by atoms with Gasteiger partial charge in [-0.15, -0.1) is 0 Å². The van der Waals surface area contributed by atoms with Gasteiger partial charge in [0.25, 0.3) is 0 Å².